The summed E-state index contributed by atoms with van der Waals surface area (Å²) in [4.78, 5) is 16.6. The van der Waals surface area contributed by atoms with Crippen molar-refractivity contribution in [3.05, 3.63) is 83.8 Å². The molecular weight excluding hydrogens is 345 g/mol. The van der Waals surface area contributed by atoms with E-state index in [1.54, 1.807) is 30.3 Å². The van der Waals surface area contributed by atoms with Gasteiger partial charge in [0, 0.05) is 11.1 Å². The van der Waals surface area contributed by atoms with Crippen molar-refractivity contribution < 1.29 is 13.9 Å². The molecule has 0 aliphatic carbocycles. The summed E-state index contributed by atoms with van der Waals surface area (Å²) in [5.41, 5.74) is 4.38. The molecule has 1 N–H and O–H groups in total. The van der Waals surface area contributed by atoms with Crippen LogP contribution in [-0.4, -0.2) is 23.7 Å². The van der Waals surface area contributed by atoms with Crippen molar-refractivity contribution in [1.29, 1.82) is 0 Å². The predicted molar refractivity (Wildman–Crippen MR) is 102 cm³/mol. The Morgan fingerprint density at radius 3 is 2.63 bits per heavy atom. The van der Waals surface area contributed by atoms with Crippen LogP contribution in [0, 0.1) is 5.82 Å². The molecule has 136 valence electrons. The zero-order valence-electron chi connectivity index (χ0n) is 14.7. The maximum Gasteiger partial charge on any atom is 0.289 e. The summed E-state index contributed by atoms with van der Waals surface area (Å²) in [7, 11) is 0. The predicted octanol–water partition coefficient (Wildman–Crippen LogP) is 4.05. The van der Waals surface area contributed by atoms with E-state index in [0.717, 1.165) is 11.3 Å². The molecule has 0 spiro atoms. The summed E-state index contributed by atoms with van der Waals surface area (Å²) in [6.45, 7) is 2.52. The summed E-state index contributed by atoms with van der Waals surface area (Å²) in [6.07, 6.45) is 1.25. The van der Waals surface area contributed by atoms with Crippen LogP contribution < -0.4 is 10.2 Å². The number of nitrogens with zero attached hydrogens (tertiary/aromatic N) is 2. The van der Waals surface area contributed by atoms with Gasteiger partial charge in [0.15, 0.2) is 0 Å². The molecular formula is C21H18FN3O2. The van der Waals surface area contributed by atoms with Gasteiger partial charge in [-0.1, -0.05) is 24.3 Å². The number of amides is 1. The van der Waals surface area contributed by atoms with E-state index in [9.17, 15) is 9.18 Å². The summed E-state index contributed by atoms with van der Waals surface area (Å²) in [6, 6.07) is 18.8. The largest absolute Gasteiger partial charge is 0.494 e. The van der Waals surface area contributed by atoms with Crippen molar-refractivity contribution in [3.8, 4) is 17.0 Å². The highest BCUT2D eigenvalue weighted by Gasteiger charge is 2.08. The fraction of sp³-hybridized carbons (Fsp3) is 0.0952. The number of pyridine rings is 1. The summed E-state index contributed by atoms with van der Waals surface area (Å²) >= 11 is 0. The van der Waals surface area contributed by atoms with E-state index in [4.69, 9.17) is 4.74 Å². The van der Waals surface area contributed by atoms with Crippen LogP contribution in [0.1, 0.15) is 23.0 Å². The molecule has 0 aliphatic heterocycles. The minimum Gasteiger partial charge on any atom is -0.494 e. The van der Waals surface area contributed by atoms with Crippen LogP contribution in [-0.2, 0) is 0 Å². The first-order valence-electron chi connectivity index (χ1n) is 8.45. The van der Waals surface area contributed by atoms with Crippen LogP contribution in [0.5, 0.6) is 5.75 Å². The molecule has 0 aliphatic rings. The summed E-state index contributed by atoms with van der Waals surface area (Å²) in [5, 5.41) is 3.79. The molecule has 0 unspecified atom stereocenters. The molecule has 0 saturated heterocycles. The Morgan fingerprint density at radius 2 is 1.89 bits per heavy atom. The van der Waals surface area contributed by atoms with E-state index in [1.807, 2.05) is 37.3 Å². The molecule has 6 heteroatoms. The third-order valence-electron chi connectivity index (χ3n) is 3.72. The highest BCUT2D eigenvalue weighted by atomic mass is 19.1. The molecule has 2 aromatic carbocycles. The van der Waals surface area contributed by atoms with E-state index in [2.05, 4.69) is 15.5 Å². The Labute approximate surface area is 156 Å². The number of halogens is 1. The lowest BCUT2D eigenvalue weighted by Crippen LogP contribution is -2.19. The second kappa shape index (κ2) is 8.71. The number of hydrazone groups is 1. The second-order valence-corrected chi connectivity index (χ2v) is 5.59. The lowest BCUT2D eigenvalue weighted by Gasteiger charge is -2.06. The molecule has 0 saturated carbocycles. The second-order valence-electron chi connectivity index (χ2n) is 5.59. The fourth-order valence-electron chi connectivity index (χ4n) is 2.41. The fourth-order valence-corrected chi connectivity index (χ4v) is 2.41. The Balaban J connectivity index is 1.71. The number of aromatic nitrogens is 1. The van der Waals surface area contributed by atoms with Crippen LogP contribution in [0.3, 0.4) is 0 Å². The number of ether oxygens (including phenoxy) is 1. The van der Waals surface area contributed by atoms with Crippen molar-refractivity contribution in [2.24, 2.45) is 5.10 Å². The molecule has 1 amide bonds. The van der Waals surface area contributed by atoms with Gasteiger partial charge in [0.1, 0.15) is 17.3 Å². The van der Waals surface area contributed by atoms with E-state index >= 15 is 0 Å². The van der Waals surface area contributed by atoms with Gasteiger partial charge in [-0.25, -0.2) is 14.8 Å². The lowest BCUT2D eigenvalue weighted by atomic mass is 10.1. The molecule has 27 heavy (non-hydrogen) atoms. The molecule has 1 heterocycles. The van der Waals surface area contributed by atoms with E-state index in [0.29, 0.717) is 12.3 Å². The minimum absolute atomic E-state index is 0.215. The molecule has 0 bridgehead atoms. The molecule has 0 fully saturated rings. The van der Waals surface area contributed by atoms with Crippen LogP contribution in [0.4, 0.5) is 4.39 Å². The number of rotatable bonds is 6. The highest BCUT2D eigenvalue weighted by molar-refractivity contribution is 5.93. The van der Waals surface area contributed by atoms with Gasteiger partial charge < -0.3 is 4.74 Å². The van der Waals surface area contributed by atoms with Crippen molar-refractivity contribution in [1.82, 2.24) is 10.4 Å². The maximum atomic E-state index is 13.5. The van der Waals surface area contributed by atoms with Gasteiger partial charge in [-0.05, 0) is 49.4 Å². The number of hydrogen-bond donors (Lipinski definition) is 1. The van der Waals surface area contributed by atoms with Crippen LogP contribution in [0.15, 0.2) is 71.8 Å². The average Bonchev–Trinajstić information content (AvgIpc) is 2.70. The van der Waals surface area contributed by atoms with Gasteiger partial charge in [-0.3, -0.25) is 4.79 Å². The first-order chi connectivity index (χ1) is 13.2. The van der Waals surface area contributed by atoms with Gasteiger partial charge in [0.25, 0.3) is 5.91 Å². The third-order valence-corrected chi connectivity index (χ3v) is 3.72. The van der Waals surface area contributed by atoms with E-state index in [1.165, 1.54) is 12.3 Å². The maximum absolute atomic E-state index is 13.5. The average molecular weight is 363 g/mol. The number of hydrogen-bond acceptors (Lipinski definition) is 4. The highest BCUT2D eigenvalue weighted by Crippen LogP contribution is 2.21. The van der Waals surface area contributed by atoms with Crippen molar-refractivity contribution >= 4 is 12.1 Å². The van der Waals surface area contributed by atoms with Gasteiger partial charge in [-0.15, -0.1) is 0 Å². The molecule has 3 aromatic rings. The Kier molecular flexibility index (Phi) is 5.89. The SMILES string of the molecule is CCOc1ccc(-c2cccc(C(=O)NN=Cc3ccccc3F)n2)cc1. The normalized spacial score (nSPS) is 10.7. The Hall–Kier alpha value is -3.54. The van der Waals surface area contributed by atoms with E-state index in [-0.39, 0.29) is 11.3 Å². The van der Waals surface area contributed by atoms with Gasteiger partial charge in [0.2, 0.25) is 0 Å². The monoisotopic (exact) mass is 363 g/mol. The molecule has 1 aromatic heterocycles. The van der Waals surface area contributed by atoms with E-state index < -0.39 is 11.7 Å². The van der Waals surface area contributed by atoms with Crippen LogP contribution >= 0.6 is 0 Å². The number of nitrogens with one attached hydrogen (secondary N) is 1. The van der Waals surface area contributed by atoms with Crippen molar-refractivity contribution in [2.75, 3.05) is 6.61 Å². The van der Waals surface area contributed by atoms with Gasteiger partial charge >= 0.3 is 0 Å². The summed E-state index contributed by atoms with van der Waals surface area (Å²) < 4.78 is 18.9. The van der Waals surface area contributed by atoms with Crippen LogP contribution in [0.25, 0.3) is 11.3 Å². The number of carbonyl (C=O) groups excluding carboxylic acids is 1. The third kappa shape index (κ3) is 4.76. The minimum atomic E-state index is -0.477. The quantitative estimate of drug-likeness (QED) is 0.531. The molecule has 3 rings (SSSR count). The number of benzene rings is 2. The molecule has 0 radical (unpaired) electrons. The molecule has 0 atom stereocenters. The Morgan fingerprint density at radius 1 is 1.11 bits per heavy atom. The lowest BCUT2D eigenvalue weighted by molar-refractivity contribution is 0.0950. The molecule has 5 nitrogen and oxygen atoms in total. The van der Waals surface area contributed by atoms with Gasteiger partial charge in [0.05, 0.1) is 18.5 Å². The Bertz CT molecular complexity index is 956. The topological polar surface area (TPSA) is 63.6 Å². The van der Waals surface area contributed by atoms with Gasteiger partial charge in [-0.2, -0.15) is 5.10 Å². The first kappa shape index (κ1) is 18.3. The summed E-state index contributed by atoms with van der Waals surface area (Å²) in [5.74, 6) is -0.112. The smallest absolute Gasteiger partial charge is 0.289 e. The zero-order valence-corrected chi connectivity index (χ0v) is 14.7. The first-order valence-corrected chi connectivity index (χ1v) is 8.45. The number of carbonyl (C=O) groups is 1. The standard InChI is InChI=1S/C21H18FN3O2/c1-2-27-17-12-10-15(11-13-17)19-8-5-9-20(24-19)21(26)25-23-14-16-6-3-4-7-18(16)22/h3-14H,2H2,1H3,(H,25,26). The van der Waals surface area contributed by atoms with Crippen molar-refractivity contribution in [3.63, 3.8) is 0 Å². The zero-order chi connectivity index (χ0) is 19.1. The van der Waals surface area contributed by atoms with Crippen LogP contribution in [0.2, 0.25) is 0 Å². The van der Waals surface area contributed by atoms with Crippen molar-refractivity contribution in [2.45, 2.75) is 6.92 Å².